The molecule has 3 nitrogen and oxygen atoms in total. The van der Waals surface area contributed by atoms with Crippen molar-refractivity contribution in [1.82, 2.24) is 4.90 Å². The maximum Gasteiger partial charge on any atom is 0.416 e. The van der Waals surface area contributed by atoms with E-state index in [0.29, 0.717) is 18.9 Å². The molecule has 7 heteroatoms. The topological polar surface area (TPSA) is 40.5 Å². The minimum Gasteiger partial charge on any atom is -0.481 e. The normalized spacial score (nSPS) is 27.2. The molecule has 4 atom stereocenters. The van der Waals surface area contributed by atoms with Crippen molar-refractivity contribution in [2.45, 2.75) is 76.4 Å². The molecule has 1 saturated carbocycles. The highest BCUT2D eigenvalue weighted by molar-refractivity contribution is 6.83. The monoisotopic (exact) mass is 451 g/mol. The van der Waals surface area contributed by atoms with Crippen molar-refractivity contribution in [1.29, 1.82) is 0 Å². The van der Waals surface area contributed by atoms with Gasteiger partial charge >= 0.3 is 12.1 Å². The quantitative estimate of drug-likeness (QED) is 0.452. The van der Waals surface area contributed by atoms with Gasteiger partial charge in [0.1, 0.15) is 8.07 Å². The Labute approximate surface area is 184 Å². The molecule has 0 spiro atoms. The van der Waals surface area contributed by atoms with Gasteiger partial charge in [-0.25, -0.2) is 0 Å². The van der Waals surface area contributed by atoms with Crippen LogP contribution >= 0.6 is 0 Å². The summed E-state index contributed by atoms with van der Waals surface area (Å²) in [6.07, 6.45) is 0.607. The van der Waals surface area contributed by atoms with E-state index in [-0.39, 0.29) is 24.4 Å². The summed E-state index contributed by atoms with van der Waals surface area (Å²) >= 11 is 0. The van der Waals surface area contributed by atoms with E-state index in [1.54, 1.807) is 12.1 Å². The zero-order valence-electron chi connectivity index (χ0n) is 18.5. The van der Waals surface area contributed by atoms with E-state index in [9.17, 15) is 23.1 Å². The molecule has 1 N–H and O–H groups in total. The van der Waals surface area contributed by atoms with Gasteiger partial charge in [-0.2, -0.15) is 13.2 Å². The number of rotatable bonds is 4. The number of carbonyl (C=O) groups is 1. The highest BCUT2D eigenvalue weighted by Crippen LogP contribution is 2.47. The van der Waals surface area contributed by atoms with Crippen molar-refractivity contribution in [3.05, 3.63) is 35.4 Å². The number of alkyl halides is 3. The number of carboxylic acids is 1. The summed E-state index contributed by atoms with van der Waals surface area (Å²) in [7, 11) is -1.54. The second kappa shape index (κ2) is 9.38. The maximum absolute atomic E-state index is 13.1. The van der Waals surface area contributed by atoms with Gasteiger partial charge < -0.3 is 5.11 Å². The van der Waals surface area contributed by atoms with Gasteiger partial charge in [0.2, 0.25) is 0 Å². The Hall–Kier alpha value is -1.78. The Morgan fingerprint density at radius 2 is 1.81 bits per heavy atom. The minimum absolute atomic E-state index is 0.0382. The third kappa shape index (κ3) is 6.14. The second-order valence-electron chi connectivity index (χ2n) is 9.97. The summed E-state index contributed by atoms with van der Waals surface area (Å²) < 4.78 is 39.2. The third-order valence-corrected chi connectivity index (χ3v) is 7.45. The molecule has 1 aliphatic carbocycles. The Morgan fingerprint density at radius 1 is 1.16 bits per heavy atom. The Balaban J connectivity index is 1.95. The molecule has 1 aromatic rings. The van der Waals surface area contributed by atoms with Gasteiger partial charge in [0.25, 0.3) is 0 Å². The zero-order chi connectivity index (χ0) is 22.8. The average Bonchev–Trinajstić information content (AvgIpc) is 2.67. The molecular formula is C24H32F3NO2Si. The van der Waals surface area contributed by atoms with Crippen LogP contribution in [0.3, 0.4) is 0 Å². The van der Waals surface area contributed by atoms with E-state index in [0.717, 1.165) is 43.4 Å². The molecule has 0 amide bonds. The number of fused-ring (bicyclic) bond motifs is 1. The Kier molecular flexibility index (Phi) is 7.22. The largest absolute Gasteiger partial charge is 0.481 e. The van der Waals surface area contributed by atoms with E-state index in [1.165, 1.54) is 0 Å². The summed E-state index contributed by atoms with van der Waals surface area (Å²) in [5.41, 5.74) is 3.58. The first-order valence-corrected chi connectivity index (χ1v) is 14.6. The fourth-order valence-electron chi connectivity index (χ4n) is 5.23. The first kappa shape index (κ1) is 23.9. The van der Waals surface area contributed by atoms with Crippen molar-refractivity contribution in [2.75, 3.05) is 6.54 Å². The van der Waals surface area contributed by atoms with Gasteiger partial charge in [-0.3, -0.25) is 9.69 Å². The van der Waals surface area contributed by atoms with Gasteiger partial charge in [0.15, 0.2) is 0 Å². The Bertz CT molecular complexity index is 836. The molecular weight excluding hydrogens is 419 g/mol. The number of nitrogens with zero attached hydrogens (tertiary/aromatic N) is 1. The number of piperidine rings is 1. The standard InChI is InChI=1S/C24H32F3NO2Si/c1-31(2,3)14-6-13-28-21-8-5-4-7-20(21)18(16-23(29)30)15-22(28)17-9-11-19(12-10-17)24(25,26)27/h9-12,18,20-22H,4-5,7-8,13,15-16H2,1-3H3,(H,29,30). The minimum atomic E-state index is -4.37. The van der Waals surface area contributed by atoms with Gasteiger partial charge in [0, 0.05) is 18.5 Å². The molecule has 0 bridgehead atoms. The van der Waals surface area contributed by atoms with Crippen LogP contribution in [-0.2, 0) is 11.0 Å². The number of hydrogen-bond donors (Lipinski definition) is 1. The zero-order valence-corrected chi connectivity index (χ0v) is 19.5. The average molecular weight is 452 g/mol. The molecule has 1 aliphatic heterocycles. The van der Waals surface area contributed by atoms with E-state index < -0.39 is 25.8 Å². The third-order valence-electron chi connectivity index (χ3n) is 6.52. The van der Waals surface area contributed by atoms with Gasteiger partial charge in [0.05, 0.1) is 12.1 Å². The van der Waals surface area contributed by atoms with Crippen LogP contribution in [0.25, 0.3) is 0 Å². The molecule has 3 rings (SSSR count). The van der Waals surface area contributed by atoms with Crippen LogP contribution < -0.4 is 0 Å². The summed E-state index contributed by atoms with van der Waals surface area (Å²) in [4.78, 5) is 13.9. The van der Waals surface area contributed by atoms with Crippen molar-refractivity contribution in [3.8, 4) is 11.5 Å². The number of benzene rings is 1. The lowest BCUT2D eigenvalue weighted by atomic mass is 9.68. The van der Waals surface area contributed by atoms with Crippen LogP contribution in [0.5, 0.6) is 0 Å². The SMILES string of the molecule is C[Si](C)(C)C#CCN1C(c2ccc(C(F)(F)F)cc2)CC(CC(=O)O)C2CCCCC21. The van der Waals surface area contributed by atoms with E-state index in [4.69, 9.17) is 0 Å². The van der Waals surface area contributed by atoms with Gasteiger partial charge in [-0.1, -0.05) is 50.5 Å². The fraction of sp³-hybridized carbons (Fsp3) is 0.625. The predicted molar refractivity (Wildman–Crippen MR) is 118 cm³/mol. The van der Waals surface area contributed by atoms with Gasteiger partial charge in [-0.15, -0.1) is 5.54 Å². The first-order chi connectivity index (χ1) is 14.5. The molecule has 4 unspecified atom stereocenters. The number of halogens is 3. The smallest absolute Gasteiger partial charge is 0.416 e. The molecule has 31 heavy (non-hydrogen) atoms. The van der Waals surface area contributed by atoms with Crippen LogP contribution in [0.2, 0.25) is 19.6 Å². The predicted octanol–water partition coefficient (Wildman–Crippen LogP) is 5.98. The number of aliphatic carboxylic acids is 1. The summed E-state index contributed by atoms with van der Waals surface area (Å²) in [6, 6.07) is 5.53. The summed E-state index contributed by atoms with van der Waals surface area (Å²) in [5.74, 6) is 2.91. The highest BCUT2D eigenvalue weighted by Gasteiger charge is 2.44. The lowest BCUT2D eigenvalue weighted by Crippen LogP contribution is -2.52. The van der Waals surface area contributed by atoms with E-state index in [2.05, 4.69) is 36.0 Å². The van der Waals surface area contributed by atoms with Crippen LogP contribution in [0.15, 0.2) is 24.3 Å². The lowest BCUT2D eigenvalue weighted by molar-refractivity contribution is -0.140. The molecule has 1 heterocycles. The molecule has 0 radical (unpaired) electrons. The Morgan fingerprint density at radius 3 is 2.39 bits per heavy atom. The van der Waals surface area contributed by atoms with Crippen molar-refractivity contribution < 1.29 is 23.1 Å². The van der Waals surface area contributed by atoms with Crippen LogP contribution in [0.4, 0.5) is 13.2 Å². The first-order valence-electron chi connectivity index (χ1n) is 11.1. The second-order valence-corrected chi connectivity index (χ2v) is 14.7. The lowest BCUT2D eigenvalue weighted by Gasteiger charge is -2.51. The van der Waals surface area contributed by atoms with E-state index >= 15 is 0 Å². The fourth-order valence-corrected chi connectivity index (χ4v) is 5.84. The highest BCUT2D eigenvalue weighted by atomic mass is 28.3. The van der Waals surface area contributed by atoms with Crippen molar-refractivity contribution >= 4 is 14.0 Å². The van der Waals surface area contributed by atoms with Crippen molar-refractivity contribution in [3.63, 3.8) is 0 Å². The summed E-state index contributed by atoms with van der Waals surface area (Å²) in [6.45, 7) is 7.15. The van der Waals surface area contributed by atoms with Crippen molar-refractivity contribution in [2.24, 2.45) is 11.8 Å². The van der Waals surface area contributed by atoms with Crippen LogP contribution in [0, 0.1) is 23.3 Å². The number of carboxylic acid groups (broad SMARTS) is 1. The maximum atomic E-state index is 13.1. The number of likely N-dealkylation sites (tertiary alicyclic amines) is 1. The molecule has 170 valence electrons. The summed E-state index contributed by atoms with van der Waals surface area (Å²) in [5, 5.41) is 9.48. The molecule has 0 aromatic heterocycles. The molecule has 2 fully saturated rings. The molecule has 2 aliphatic rings. The van der Waals surface area contributed by atoms with Crippen LogP contribution in [-0.4, -0.2) is 36.6 Å². The molecule has 1 aromatic carbocycles. The van der Waals surface area contributed by atoms with Gasteiger partial charge in [-0.05, 0) is 48.8 Å². The number of hydrogen-bond acceptors (Lipinski definition) is 2. The molecule has 1 saturated heterocycles. The van der Waals surface area contributed by atoms with Crippen LogP contribution in [0.1, 0.15) is 55.7 Å². The van der Waals surface area contributed by atoms with E-state index in [1.807, 2.05) is 0 Å².